The van der Waals surface area contributed by atoms with E-state index in [9.17, 15) is 4.39 Å². The topological polar surface area (TPSA) is 55.4 Å². The normalized spacial score (nSPS) is 22.1. The second-order valence-corrected chi connectivity index (χ2v) is 11.5. The molecule has 3 atom stereocenters. The SMILES string of the molecule is COCCCN1CCOc2ccc(COC3CNCCC3c3ccc(O[C@H]4CCN(c5ccc(F)cc5)C4)cc3)cc21. The highest BCUT2D eigenvalue weighted by molar-refractivity contribution is 5.61. The monoisotopic (exact) mass is 575 g/mol. The summed E-state index contributed by atoms with van der Waals surface area (Å²) in [5, 5.41) is 3.52. The van der Waals surface area contributed by atoms with Crippen LogP contribution in [0.4, 0.5) is 15.8 Å². The molecule has 224 valence electrons. The summed E-state index contributed by atoms with van der Waals surface area (Å²) in [6.45, 7) is 7.41. The van der Waals surface area contributed by atoms with Crippen LogP contribution in [0.1, 0.15) is 36.3 Å². The second kappa shape index (κ2) is 13.8. The van der Waals surface area contributed by atoms with Crippen LogP contribution >= 0.6 is 0 Å². The van der Waals surface area contributed by atoms with Gasteiger partial charge in [0.05, 0.1) is 31.5 Å². The lowest BCUT2D eigenvalue weighted by molar-refractivity contribution is 0.0106. The first-order valence-electron chi connectivity index (χ1n) is 15.3. The summed E-state index contributed by atoms with van der Waals surface area (Å²) in [4.78, 5) is 4.64. The van der Waals surface area contributed by atoms with E-state index in [0.29, 0.717) is 19.1 Å². The van der Waals surface area contributed by atoms with Crippen molar-refractivity contribution in [1.29, 1.82) is 0 Å². The molecule has 8 heteroatoms. The minimum atomic E-state index is -0.207. The lowest BCUT2D eigenvalue weighted by atomic mass is 9.87. The smallest absolute Gasteiger partial charge is 0.142 e. The summed E-state index contributed by atoms with van der Waals surface area (Å²) in [6.07, 6.45) is 3.18. The molecule has 3 aromatic rings. The maximum Gasteiger partial charge on any atom is 0.142 e. The minimum Gasteiger partial charge on any atom is -0.490 e. The number of methoxy groups -OCH3 is 1. The zero-order valence-corrected chi connectivity index (χ0v) is 24.5. The van der Waals surface area contributed by atoms with Gasteiger partial charge in [0, 0.05) is 51.4 Å². The Morgan fingerprint density at radius 2 is 1.86 bits per heavy atom. The molecule has 1 N–H and O–H groups in total. The number of nitrogens with one attached hydrogen (secondary N) is 1. The summed E-state index contributed by atoms with van der Waals surface area (Å²) < 4.78 is 37.4. The maximum atomic E-state index is 13.3. The Kier molecular flexibility index (Phi) is 9.43. The second-order valence-electron chi connectivity index (χ2n) is 11.5. The molecular formula is C34H42FN3O4. The number of piperidine rings is 1. The van der Waals surface area contributed by atoms with Gasteiger partial charge in [0.25, 0.3) is 0 Å². The van der Waals surface area contributed by atoms with Crippen molar-refractivity contribution in [3.05, 3.63) is 83.7 Å². The first-order valence-corrected chi connectivity index (χ1v) is 15.3. The van der Waals surface area contributed by atoms with Crippen LogP contribution in [0.25, 0.3) is 0 Å². The maximum absolute atomic E-state index is 13.3. The molecule has 2 fully saturated rings. The van der Waals surface area contributed by atoms with Crippen molar-refractivity contribution in [3.8, 4) is 11.5 Å². The molecule has 3 heterocycles. The molecule has 0 radical (unpaired) electrons. The molecule has 42 heavy (non-hydrogen) atoms. The first-order chi connectivity index (χ1) is 20.7. The van der Waals surface area contributed by atoms with Gasteiger partial charge in [-0.15, -0.1) is 0 Å². The van der Waals surface area contributed by atoms with E-state index in [1.165, 1.54) is 17.7 Å². The van der Waals surface area contributed by atoms with E-state index in [1.807, 2.05) is 12.1 Å². The summed E-state index contributed by atoms with van der Waals surface area (Å²) >= 11 is 0. The van der Waals surface area contributed by atoms with Gasteiger partial charge in [-0.25, -0.2) is 4.39 Å². The molecule has 0 spiro atoms. The van der Waals surface area contributed by atoms with Crippen LogP contribution in [0, 0.1) is 5.82 Å². The molecular weight excluding hydrogens is 533 g/mol. The van der Waals surface area contributed by atoms with Gasteiger partial charge in [-0.1, -0.05) is 18.2 Å². The number of fused-ring (bicyclic) bond motifs is 1. The lowest BCUT2D eigenvalue weighted by Crippen LogP contribution is -2.41. The molecule has 6 rings (SSSR count). The molecule has 2 unspecified atom stereocenters. The van der Waals surface area contributed by atoms with Crippen molar-refractivity contribution < 1.29 is 23.3 Å². The van der Waals surface area contributed by atoms with Crippen molar-refractivity contribution in [2.75, 3.05) is 69.4 Å². The van der Waals surface area contributed by atoms with Crippen LogP contribution in [0.5, 0.6) is 11.5 Å². The standard InChI is InChI=1S/C34H42FN3O4/c1-39-19-2-16-37-18-20-40-33-12-3-25(21-32(33)37)24-41-34-22-36-15-13-31(34)26-4-10-29(11-5-26)42-30-14-17-38(23-30)28-8-6-27(35)7-9-28/h3-12,21,30-31,34,36H,2,13-20,22-24H2,1H3/t30-,31?,34?/m0/s1. The summed E-state index contributed by atoms with van der Waals surface area (Å²) in [7, 11) is 1.75. The third-order valence-electron chi connectivity index (χ3n) is 8.60. The number of hydrogen-bond acceptors (Lipinski definition) is 7. The highest BCUT2D eigenvalue weighted by Crippen LogP contribution is 2.34. The predicted octanol–water partition coefficient (Wildman–Crippen LogP) is 5.38. The van der Waals surface area contributed by atoms with E-state index in [1.54, 1.807) is 7.11 Å². The summed E-state index contributed by atoms with van der Waals surface area (Å²) in [6, 6.07) is 21.7. The number of anilines is 2. The van der Waals surface area contributed by atoms with E-state index in [-0.39, 0.29) is 18.0 Å². The van der Waals surface area contributed by atoms with Gasteiger partial charge in [0.15, 0.2) is 0 Å². The molecule has 0 saturated carbocycles. The van der Waals surface area contributed by atoms with Crippen molar-refractivity contribution in [2.45, 2.75) is 44.0 Å². The van der Waals surface area contributed by atoms with E-state index < -0.39 is 0 Å². The van der Waals surface area contributed by atoms with Crippen LogP contribution in [-0.2, 0) is 16.1 Å². The van der Waals surface area contributed by atoms with Gasteiger partial charge >= 0.3 is 0 Å². The highest BCUT2D eigenvalue weighted by Gasteiger charge is 2.28. The predicted molar refractivity (Wildman–Crippen MR) is 164 cm³/mol. The molecule has 3 aliphatic rings. The van der Waals surface area contributed by atoms with E-state index in [0.717, 1.165) is 93.6 Å². The van der Waals surface area contributed by atoms with Gasteiger partial charge in [-0.3, -0.25) is 0 Å². The minimum absolute atomic E-state index is 0.0923. The molecule has 0 amide bonds. The number of halogens is 1. The first kappa shape index (κ1) is 28.8. The van der Waals surface area contributed by atoms with Crippen LogP contribution in [0.3, 0.4) is 0 Å². The summed E-state index contributed by atoms with van der Waals surface area (Å²) in [5.41, 5.74) is 4.64. The Hall–Kier alpha value is -3.33. The third kappa shape index (κ3) is 7.00. The average Bonchev–Trinajstić information content (AvgIpc) is 3.49. The molecule has 3 aliphatic heterocycles. The zero-order valence-electron chi connectivity index (χ0n) is 24.5. The molecule has 0 bridgehead atoms. The quantitative estimate of drug-likeness (QED) is 0.308. The molecule has 2 saturated heterocycles. The van der Waals surface area contributed by atoms with Gasteiger partial charge in [-0.2, -0.15) is 0 Å². The van der Waals surface area contributed by atoms with Crippen molar-refractivity contribution >= 4 is 11.4 Å². The fourth-order valence-electron chi connectivity index (χ4n) is 6.33. The van der Waals surface area contributed by atoms with Gasteiger partial charge in [-0.05, 0) is 79.0 Å². The number of rotatable bonds is 11. The van der Waals surface area contributed by atoms with Crippen molar-refractivity contribution in [3.63, 3.8) is 0 Å². The Morgan fingerprint density at radius 3 is 2.69 bits per heavy atom. The van der Waals surface area contributed by atoms with Gasteiger partial charge in [0.2, 0.25) is 0 Å². The molecule has 0 aliphatic carbocycles. The number of nitrogens with zero attached hydrogens (tertiary/aromatic N) is 2. The highest BCUT2D eigenvalue weighted by atomic mass is 19.1. The molecule has 7 nitrogen and oxygen atoms in total. The van der Waals surface area contributed by atoms with E-state index >= 15 is 0 Å². The third-order valence-corrected chi connectivity index (χ3v) is 8.60. The molecule has 0 aromatic heterocycles. The Morgan fingerprint density at radius 1 is 1.00 bits per heavy atom. The number of benzene rings is 3. The van der Waals surface area contributed by atoms with Crippen molar-refractivity contribution in [2.24, 2.45) is 0 Å². The average molecular weight is 576 g/mol. The fraction of sp³-hybridized carbons (Fsp3) is 0.471. The zero-order chi connectivity index (χ0) is 28.7. The van der Waals surface area contributed by atoms with Gasteiger partial charge < -0.3 is 34.1 Å². The van der Waals surface area contributed by atoms with Crippen LogP contribution in [-0.4, -0.2) is 71.8 Å². The van der Waals surface area contributed by atoms with Crippen molar-refractivity contribution in [1.82, 2.24) is 5.32 Å². The van der Waals surface area contributed by atoms with Crippen LogP contribution in [0.2, 0.25) is 0 Å². The van der Waals surface area contributed by atoms with Crippen LogP contribution < -0.4 is 24.6 Å². The number of ether oxygens (including phenoxy) is 4. The van der Waals surface area contributed by atoms with Gasteiger partial charge in [0.1, 0.15) is 30.0 Å². The fourth-order valence-corrected chi connectivity index (χ4v) is 6.33. The van der Waals surface area contributed by atoms with E-state index in [4.69, 9.17) is 18.9 Å². The Labute approximate surface area is 248 Å². The Balaban J connectivity index is 1.04. The number of hydrogen-bond donors (Lipinski definition) is 1. The Bertz CT molecular complexity index is 1290. The van der Waals surface area contributed by atoms with Crippen LogP contribution in [0.15, 0.2) is 66.7 Å². The summed E-state index contributed by atoms with van der Waals surface area (Å²) in [5.74, 6) is 1.96. The lowest BCUT2D eigenvalue weighted by Gasteiger charge is -2.33. The largest absolute Gasteiger partial charge is 0.490 e. The molecule has 3 aromatic carbocycles. The van der Waals surface area contributed by atoms with E-state index in [2.05, 4.69) is 57.6 Å².